The maximum Gasteiger partial charge on any atom is 0.158 e. The van der Waals surface area contributed by atoms with E-state index in [2.05, 4.69) is 18.8 Å². The standard InChI is InChI=1S/C27H37N5O/c1-15-3-4-22-18-5-7-26(2)24(19(18)6-8-27(22,31)11-15)20-10-21(20)25(26)23(33)14-32-17(13-29)9-16(30)12-28/h9,15,18-22,24-25H,3-8,10-11,14,30-31H2,1-2H3. The molecule has 176 valence electrons. The third-order valence-electron chi connectivity index (χ3n) is 10.5. The van der Waals surface area contributed by atoms with Crippen molar-refractivity contribution in [3.63, 3.8) is 0 Å². The van der Waals surface area contributed by atoms with E-state index in [1.54, 1.807) is 6.07 Å². The van der Waals surface area contributed by atoms with E-state index in [1.807, 2.05) is 6.07 Å². The first kappa shape index (κ1) is 22.6. The predicted molar refractivity (Wildman–Crippen MR) is 126 cm³/mol. The Balaban J connectivity index is 1.35. The van der Waals surface area contributed by atoms with Crippen molar-refractivity contribution in [2.45, 2.75) is 70.8 Å². The zero-order valence-electron chi connectivity index (χ0n) is 20.0. The van der Waals surface area contributed by atoms with Crippen molar-refractivity contribution < 1.29 is 4.79 Å². The first-order valence-corrected chi connectivity index (χ1v) is 12.8. The molecule has 0 aromatic rings. The summed E-state index contributed by atoms with van der Waals surface area (Å²) in [5.74, 6) is 4.85. The average Bonchev–Trinajstić information content (AvgIpc) is 3.49. The summed E-state index contributed by atoms with van der Waals surface area (Å²) in [5.41, 5.74) is 12.6. The zero-order chi connectivity index (χ0) is 23.5. The second kappa shape index (κ2) is 7.95. The van der Waals surface area contributed by atoms with Crippen LogP contribution in [-0.4, -0.2) is 23.6 Å². The number of allylic oxidation sites excluding steroid dienone is 2. The van der Waals surface area contributed by atoms with Crippen LogP contribution in [0, 0.1) is 75.4 Å². The fourth-order valence-electron chi connectivity index (χ4n) is 9.38. The van der Waals surface area contributed by atoms with Crippen LogP contribution in [0.4, 0.5) is 0 Å². The highest BCUT2D eigenvalue weighted by Crippen LogP contribution is 2.74. The van der Waals surface area contributed by atoms with Crippen LogP contribution in [-0.2, 0) is 4.79 Å². The van der Waals surface area contributed by atoms with E-state index < -0.39 is 0 Å². The van der Waals surface area contributed by atoms with Crippen LogP contribution in [0.25, 0.3) is 0 Å². The van der Waals surface area contributed by atoms with Gasteiger partial charge in [-0.05, 0) is 91.8 Å². The summed E-state index contributed by atoms with van der Waals surface area (Å²) in [4.78, 5) is 17.7. The summed E-state index contributed by atoms with van der Waals surface area (Å²) in [5, 5.41) is 18.1. The monoisotopic (exact) mass is 447 g/mol. The lowest BCUT2D eigenvalue weighted by Gasteiger charge is -2.60. The highest BCUT2D eigenvalue weighted by molar-refractivity contribution is 6.08. The van der Waals surface area contributed by atoms with Crippen LogP contribution in [0.3, 0.4) is 0 Å². The highest BCUT2D eigenvalue weighted by Gasteiger charge is 2.71. The second-order valence-corrected chi connectivity index (χ2v) is 12.2. The van der Waals surface area contributed by atoms with Gasteiger partial charge in [-0.25, -0.2) is 0 Å². The Bertz CT molecular complexity index is 987. The molecule has 5 rings (SSSR count). The fourth-order valence-corrected chi connectivity index (χ4v) is 9.38. The summed E-state index contributed by atoms with van der Waals surface area (Å²) in [6, 6.07) is 3.74. The Morgan fingerprint density at radius 2 is 1.85 bits per heavy atom. The quantitative estimate of drug-likeness (QED) is 0.501. The molecule has 5 aliphatic carbocycles. The minimum Gasteiger partial charge on any atom is -0.390 e. The van der Waals surface area contributed by atoms with Gasteiger partial charge in [-0.2, -0.15) is 10.5 Å². The molecule has 10 unspecified atom stereocenters. The molecule has 0 radical (unpaired) electrons. The van der Waals surface area contributed by atoms with Gasteiger partial charge in [-0.15, -0.1) is 0 Å². The number of hydrogen-bond donors (Lipinski definition) is 2. The molecular formula is C27H37N5O. The van der Waals surface area contributed by atoms with Gasteiger partial charge in [0, 0.05) is 17.5 Å². The summed E-state index contributed by atoms with van der Waals surface area (Å²) in [6.45, 7) is 4.74. The van der Waals surface area contributed by atoms with E-state index in [1.165, 1.54) is 44.6 Å². The lowest BCUT2D eigenvalue weighted by atomic mass is 9.46. The number of rotatable bonds is 4. The van der Waals surface area contributed by atoms with Crippen molar-refractivity contribution >= 4 is 11.5 Å². The number of nitriles is 2. The molecule has 0 bridgehead atoms. The van der Waals surface area contributed by atoms with Gasteiger partial charge in [0.05, 0.1) is 6.54 Å². The van der Waals surface area contributed by atoms with E-state index in [4.69, 9.17) is 16.7 Å². The van der Waals surface area contributed by atoms with E-state index >= 15 is 0 Å². The number of aliphatic imine (C=N–C) groups is 1. The van der Waals surface area contributed by atoms with Gasteiger partial charge in [0.2, 0.25) is 0 Å². The molecule has 0 spiro atoms. The van der Waals surface area contributed by atoms with Crippen LogP contribution in [0.15, 0.2) is 16.8 Å². The Morgan fingerprint density at radius 3 is 2.58 bits per heavy atom. The minimum absolute atomic E-state index is 0.00875. The predicted octanol–water partition coefficient (Wildman–Crippen LogP) is 3.73. The van der Waals surface area contributed by atoms with Gasteiger partial charge >= 0.3 is 0 Å². The van der Waals surface area contributed by atoms with Crippen molar-refractivity contribution in [3.05, 3.63) is 11.8 Å². The number of carbonyl (C=O) groups excluding carboxylic acids is 1. The maximum atomic E-state index is 13.4. The van der Waals surface area contributed by atoms with E-state index in [-0.39, 0.29) is 40.6 Å². The van der Waals surface area contributed by atoms with Gasteiger partial charge in [0.1, 0.15) is 23.5 Å². The molecule has 33 heavy (non-hydrogen) atoms. The smallest absolute Gasteiger partial charge is 0.158 e. The van der Waals surface area contributed by atoms with Crippen molar-refractivity contribution in [1.82, 2.24) is 0 Å². The van der Waals surface area contributed by atoms with E-state index in [9.17, 15) is 10.1 Å². The number of nitrogens with zero attached hydrogens (tertiary/aromatic N) is 3. The van der Waals surface area contributed by atoms with Crippen LogP contribution in [0.5, 0.6) is 0 Å². The Kier molecular flexibility index (Phi) is 5.44. The molecule has 0 heterocycles. The molecule has 4 N–H and O–H groups in total. The van der Waals surface area contributed by atoms with E-state index in [0.29, 0.717) is 29.6 Å². The first-order valence-electron chi connectivity index (χ1n) is 12.8. The van der Waals surface area contributed by atoms with Crippen molar-refractivity contribution in [2.75, 3.05) is 6.54 Å². The van der Waals surface area contributed by atoms with Crippen LogP contribution >= 0.6 is 0 Å². The van der Waals surface area contributed by atoms with E-state index in [0.717, 1.165) is 24.7 Å². The molecule has 0 amide bonds. The lowest BCUT2D eigenvalue weighted by molar-refractivity contribution is -0.132. The van der Waals surface area contributed by atoms with Gasteiger partial charge in [0.15, 0.2) is 5.78 Å². The topological polar surface area (TPSA) is 129 Å². The third-order valence-corrected chi connectivity index (χ3v) is 10.5. The van der Waals surface area contributed by atoms with Crippen molar-refractivity contribution in [1.29, 1.82) is 10.5 Å². The van der Waals surface area contributed by atoms with Crippen LogP contribution in [0.1, 0.15) is 65.2 Å². The molecule has 0 saturated heterocycles. The number of Topliss-reactive ketones (excluding diaryl/α,β-unsaturated/α-hetero) is 1. The molecule has 5 saturated carbocycles. The SMILES string of the molecule is CC1CCC2C3CCC4(C)C(C(=O)CN=C(C#N)C=C(N)C#N)C5CC5C4C3CCC2(N)C1. The van der Waals surface area contributed by atoms with Crippen LogP contribution in [0.2, 0.25) is 0 Å². The first-order chi connectivity index (χ1) is 15.7. The summed E-state index contributed by atoms with van der Waals surface area (Å²) in [6.07, 6.45) is 10.9. The zero-order valence-corrected chi connectivity index (χ0v) is 20.0. The molecule has 0 aromatic carbocycles. The van der Waals surface area contributed by atoms with Gasteiger partial charge in [-0.3, -0.25) is 9.79 Å². The van der Waals surface area contributed by atoms with Gasteiger partial charge in [0.25, 0.3) is 0 Å². The molecule has 0 aromatic heterocycles. The number of ketones is 1. The highest BCUT2D eigenvalue weighted by atomic mass is 16.1. The average molecular weight is 448 g/mol. The fraction of sp³-hybridized carbons (Fsp3) is 0.778. The van der Waals surface area contributed by atoms with Crippen LogP contribution < -0.4 is 11.5 Å². The van der Waals surface area contributed by atoms with Gasteiger partial charge < -0.3 is 11.5 Å². The molecule has 6 nitrogen and oxygen atoms in total. The molecular weight excluding hydrogens is 410 g/mol. The van der Waals surface area contributed by atoms with Gasteiger partial charge in [-0.1, -0.05) is 20.3 Å². The minimum atomic E-state index is -0.0680. The number of fused-ring (bicyclic) bond motifs is 7. The normalized spacial score (nSPS) is 48.4. The third kappa shape index (κ3) is 3.53. The summed E-state index contributed by atoms with van der Waals surface area (Å²) in [7, 11) is 0. The number of hydrogen-bond acceptors (Lipinski definition) is 6. The molecule has 6 heteroatoms. The number of carbonyl (C=O) groups is 1. The molecule has 0 aliphatic heterocycles. The van der Waals surface area contributed by atoms with Crippen molar-refractivity contribution in [3.8, 4) is 12.1 Å². The lowest BCUT2D eigenvalue weighted by Crippen LogP contribution is -2.61. The Labute approximate surface area is 197 Å². The molecule has 5 aliphatic rings. The summed E-state index contributed by atoms with van der Waals surface area (Å²) >= 11 is 0. The maximum absolute atomic E-state index is 13.4. The molecule has 10 atom stereocenters. The Hall–Kier alpha value is -2.18. The largest absolute Gasteiger partial charge is 0.390 e. The second-order valence-electron chi connectivity index (χ2n) is 12.2. The molecule has 5 fully saturated rings. The van der Waals surface area contributed by atoms with Crippen molar-refractivity contribution in [2.24, 2.45) is 69.2 Å². The Morgan fingerprint density at radius 1 is 1.09 bits per heavy atom. The number of nitrogens with two attached hydrogens (primary N) is 2. The summed E-state index contributed by atoms with van der Waals surface area (Å²) < 4.78 is 0.